The standard InChI is InChI=1S/C36H61N3/c1-23-17-33-34(18-24(23)2)38(31-15-11-25-19-29(35(3,4)5)13-9-27(25)21-31)39(37-33)32-16-12-26-20-30(36(6,7)8)14-10-28(26)22-32/h9-10,13-14,23-34,37H,11-12,15-22H2,1-8H3/t23?,24?,25-,26+,27?,28?,29?,30+,31?,32?,33?,34?/m0/s1. The third-order valence-electron chi connectivity index (χ3n) is 12.8. The van der Waals surface area contributed by atoms with Gasteiger partial charge in [0.15, 0.2) is 0 Å². The first-order chi connectivity index (χ1) is 18.4. The molecule has 220 valence electrons. The average Bonchev–Trinajstić information content (AvgIpc) is 3.24. The highest BCUT2D eigenvalue weighted by Gasteiger charge is 2.51. The van der Waals surface area contributed by atoms with Crippen LogP contribution in [-0.2, 0) is 0 Å². The molecule has 6 rings (SSSR count). The van der Waals surface area contributed by atoms with Crippen molar-refractivity contribution in [3.05, 3.63) is 24.3 Å². The second kappa shape index (κ2) is 10.6. The summed E-state index contributed by atoms with van der Waals surface area (Å²) in [4.78, 5) is 0. The number of rotatable bonds is 2. The summed E-state index contributed by atoms with van der Waals surface area (Å²) < 4.78 is 0. The van der Waals surface area contributed by atoms with Crippen molar-refractivity contribution in [1.29, 1.82) is 0 Å². The van der Waals surface area contributed by atoms with E-state index in [9.17, 15) is 0 Å². The van der Waals surface area contributed by atoms with E-state index < -0.39 is 0 Å². The van der Waals surface area contributed by atoms with Gasteiger partial charge < -0.3 is 0 Å². The summed E-state index contributed by atoms with van der Waals surface area (Å²) in [5, 5.41) is 5.78. The lowest BCUT2D eigenvalue weighted by Crippen LogP contribution is -2.57. The van der Waals surface area contributed by atoms with Crippen LogP contribution in [-0.4, -0.2) is 34.3 Å². The van der Waals surface area contributed by atoms with Gasteiger partial charge >= 0.3 is 0 Å². The Morgan fingerprint density at radius 3 is 1.67 bits per heavy atom. The van der Waals surface area contributed by atoms with Crippen LogP contribution in [0.25, 0.3) is 0 Å². The van der Waals surface area contributed by atoms with E-state index >= 15 is 0 Å². The summed E-state index contributed by atoms with van der Waals surface area (Å²) in [7, 11) is 0. The zero-order chi connectivity index (χ0) is 27.7. The highest BCUT2D eigenvalue weighted by Crippen LogP contribution is 2.50. The molecule has 4 fully saturated rings. The average molecular weight is 536 g/mol. The van der Waals surface area contributed by atoms with Crippen LogP contribution in [0.5, 0.6) is 0 Å². The Bertz CT molecular complexity index is 923. The van der Waals surface area contributed by atoms with E-state index in [1.807, 2.05) is 0 Å². The van der Waals surface area contributed by atoms with Gasteiger partial charge in [-0.05, 0) is 122 Å². The first-order valence-electron chi connectivity index (χ1n) is 17.1. The van der Waals surface area contributed by atoms with Crippen molar-refractivity contribution in [1.82, 2.24) is 15.6 Å². The van der Waals surface area contributed by atoms with Crippen molar-refractivity contribution < 1.29 is 0 Å². The second-order valence-corrected chi connectivity index (χ2v) is 17.4. The van der Waals surface area contributed by atoms with Gasteiger partial charge in [0.1, 0.15) is 0 Å². The molecule has 0 amide bonds. The van der Waals surface area contributed by atoms with Crippen molar-refractivity contribution in [2.24, 2.45) is 58.2 Å². The molecule has 5 aliphatic carbocycles. The van der Waals surface area contributed by atoms with Crippen molar-refractivity contribution in [3.63, 3.8) is 0 Å². The zero-order valence-electron chi connectivity index (χ0n) is 26.7. The first kappa shape index (κ1) is 28.5. The van der Waals surface area contributed by atoms with E-state index in [1.165, 1.54) is 64.2 Å². The monoisotopic (exact) mass is 535 g/mol. The summed E-state index contributed by atoms with van der Waals surface area (Å²) in [5.41, 5.74) is 5.00. The summed E-state index contributed by atoms with van der Waals surface area (Å²) in [5.74, 6) is 6.53. The SMILES string of the molecule is CC1CC2NN(C3CC[C@@H]4C[C@H](C(C)(C)C)C=CC4C3)N(C3CC[C@H]4CC(C(C)(C)C)C=CC4C3)C2CC1C. The molecule has 0 aromatic carbocycles. The largest absolute Gasteiger partial charge is 0.236 e. The molecule has 3 heteroatoms. The molecule has 9 unspecified atom stereocenters. The van der Waals surface area contributed by atoms with Crippen LogP contribution < -0.4 is 5.43 Å². The lowest BCUT2D eigenvalue weighted by atomic mass is 9.64. The predicted molar refractivity (Wildman–Crippen MR) is 165 cm³/mol. The van der Waals surface area contributed by atoms with Gasteiger partial charge in [-0.1, -0.05) is 79.7 Å². The Balaban J connectivity index is 1.20. The third kappa shape index (κ3) is 5.60. The number of allylic oxidation sites excluding steroid dienone is 4. The van der Waals surface area contributed by atoms with Gasteiger partial charge in [0.05, 0.1) is 0 Å². The van der Waals surface area contributed by atoms with Crippen LogP contribution in [0.3, 0.4) is 0 Å². The Hall–Kier alpha value is -0.640. The number of hydrogen-bond acceptors (Lipinski definition) is 3. The fourth-order valence-corrected chi connectivity index (χ4v) is 9.79. The molecule has 0 aromatic heterocycles. The number of hydrogen-bond donors (Lipinski definition) is 1. The van der Waals surface area contributed by atoms with E-state index in [0.29, 0.717) is 35.0 Å². The van der Waals surface area contributed by atoms with Crippen molar-refractivity contribution in [3.8, 4) is 0 Å². The first-order valence-corrected chi connectivity index (χ1v) is 17.1. The molecule has 3 saturated carbocycles. The lowest BCUT2D eigenvalue weighted by Gasteiger charge is -2.50. The van der Waals surface area contributed by atoms with Gasteiger partial charge in [-0.3, -0.25) is 0 Å². The Labute approximate surface area is 241 Å². The topological polar surface area (TPSA) is 18.5 Å². The van der Waals surface area contributed by atoms with Gasteiger partial charge in [-0.15, -0.1) is 0 Å². The molecule has 1 saturated heterocycles. The summed E-state index contributed by atoms with van der Waals surface area (Å²) in [6, 6.07) is 2.70. The summed E-state index contributed by atoms with van der Waals surface area (Å²) in [6.07, 6.45) is 24.4. The highest BCUT2D eigenvalue weighted by atomic mass is 15.9. The molecular formula is C36H61N3. The van der Waals surface area contributed by atoms with E-state index in [1.54, 1.807) is 0 Å². The Kier molecular flexibility index (Phi) is 7.72. The molecule has 0 bridgehead atoms. The highest BCUT2D eigenvalue weighted by molar-refractivity contribution is 5.10. The van der Waals surface area contributed by atoms with E-state index in [2.05, 4.69) is 95.2 Å². The van der Waals surface area contributed by atoms with Crippen molar-refractivity contribution >= 4 is 0 Å². The smallest absolute Gasteiger partial charge is 0.0432 e. The van der Waals surface area contributed by atoms with Gasteiger partial charge in [-0.25, -0.2) is 10.4 Å². The molecule has 1 heterocycles. The molecule has 12 atom stereocenters. The normalized spacial score (nSPS) is 47.5. The molecule has 39 heavy (non-hydrogen) atoms. The van der Waals surface area contributed by atoms with Crippen LogP contribution in [0.15, 0.2) is 24.3 Å². The van der Waals surface area contributed by atoms with Gasteiger partial charge in [0.2, 0.25) is 0 Å². The van der Waals surface area contributed by atoms with E-state index in [-0.39, 0.29) is 0 Å². The minimum absolute atomic E-state index is 0.397. The maximum atomic E-state index is 4.21. The van der Waals surface area contributed by atoms with Gasteiger partial charge in [0, 0.05) is 24.2 Å². The molecule has 6 aliphatic rings. The zero-order valence-corrected chi connectivity index (χ0v) is 26.7. The second-order valence-electron chi connectivity index (χ2n) is 17.4. The van der Waals surface area contributed by atoms with E-state index in [4.69, 9.17) is 0 Å². The minimum Gasteiger partial charge on any atom is -0.236 e. The predicted octanol–water partition coefficient (Wildman–Crippen LogP) is 8.64. The molecule has 3 nitrogen and oxygen atoms in total. The summed E-state index contributed by atoms with van der Waals surface area (Å²) in [6.45, 7) is 19.6. The van der Waals surface area contributed by atoms with E-state index in [0.717, 1.165) is 47.3 Å². The van der Waals surface area contributed by atoms with Crippen LogP contribution in [0.4, 0.5) is 0 Å². The number of nitrogens with zero attached hydrogens (tertiary/aromatic N) is 2. The van der Waals surface area contributed by atoms with Gasteiger partial charge in [-0.2, -0.15) is 5.12 Å². The molecule has 1 N–H and O–H groups in total. The fraction of sp³-hybridized carbons (Fsp3) is 0.889. The van der Waals surface area contributed by atoms with Crippen LogP contribution in [0.2, 0.25) is 0 Å². The lowest BCUT2D eigenvalue weighted by molar-refractivity contribution is -0.132. The molecular weight excluding hydrogens is 474 g/mol. The number of hydrazine groups is 2. The van der Waals surface area contributed by atoms with Crippen molar-refractivity contribution in [2.45, 2.75) is 144 Å². The molecule has 1 aliphatic heterocycles. The maximum Gasteiger partial charge on any atom is 0.0432 e. The third-order valence-corrected chi connectivity index (χ3v) is 12.8. The van der Waals surface area contributed by atoms with Gasteiger partial charge in [0.25, 0.3) is 0 Å². The molecule has 0 spiro atoms. The maximum absolute atomic E-state index is 4.21. The number of fused-ring (bicyclic) bond motifs is 3. The molecule has 0 radical (unpaired) electrons. The minimum atomic E-state index is 0.397. The Morgan fingerprint density at radius 1 is 0.590 bits per heavy atom. The van der Waals surface area contributed by atoms with Crippen LogP contribution in [0, 0.1) is 58.2 Å². The number of nitrogens with one attached hydrogen (secondary N) is 1. The molecule has 0 aromatic rings. The fourth-order valence-electron chi connectivity index (χ4n) is 9.79. The van der Waals surface area contributed by atoms with Crippen molar-refractivity contribution in [2.75, 3.05) is 0 Å². The Morgan fingerprint density at radius 2 is 1.10 bits per heavy atom. The van der Waals surface area contributed by atoms with Crippen LogP contribution >= 0.6 is 0 Å². The quantitative estimate of drug-likeness (QED) is 0.357. The van der Waals surface area contributed by atoms with Crippen LogP contribution in [0.1, 0.15) is 120 Å². The summed E-state index contributed by atoms with van der Waals surface area (Å²) >= 11 is 0.